The van der Waals surface area contributed by atoms with E-state index in [4.69, 9.17) is 0 Å². The minimum Gasteiger partial charge on any atom is -0.343 e. The lowest BCUT2D eigenvalue weighted by Gasteiger charge is -2.12. The van der Waals surface area contributed by atoms with Crippen LogP contribution in [0.5, 0.6) is 0 Å². The number of aromatic nitrogens is 1. The molecule has 4 nitrogen and oxygen atoms in total. The molecule has 0 saturated heterocycles. The van der Waals surface area contributed by atoms with Crippen LogP contribution in [-0.4, -0.2) is 16.1 Å². The summed E-state index contributed by atoms with van der Waals surface area (Å²) in [5.41, 5.74) is 9.21. The van der Waals surface area contributed by atoms with Gasteiger partial charge >= 0.3 is 0 Å². The van der Waals surface area contributed by atoms with Crippen LogP contribution in [0.4, 0.5) is 0 Å². The smallest absolute Gasteiger partial charge is 0.197 e. The zero-order valence-corrected chi connectivity index (χ0v) is 20.0. The summed E-state index contributed by atoms with van der Waals surface area (Å²) in [4.78, 5) is 26.8. The van der Waals surface area contributed by atoms with Crippen LogP contribution in [0, 0.1) is 39.0 Å². The normalized spacial score (nSPS) is 14.4. The highest BCUT2D eigenvalue weighted by atomic mass is 32.1. The average molecular weight is 451 g/mol. The molecule has 2 aromatic carbocycles. The van der Waals surface area contributed by atoms with E-state index in [1.165, 1.54) is 28.3 Å². The number of thiophene rings is 1. The summed E-state index contributed by atoms with van der Waals surface area (Å²) in [6.45, 7) is 8.17. The quantitative estimate of drug-likeness (QED) is 0.259. The van der Waals surface area contributed by atoms with Crippen LogP contribution in [0.3, 0.4) is 0 Å². The molecule has 0 fully saturated rings. The number of fused-ring (bicyclic) bond motifs is 2. The van der Waals surface area contributed by atoms with Gasteiger partial charge in [-0.1, -0.05) is 17.7 Å². The molecule has 2 heterocycles. The third-order valence-corrected chi connectivity index (χ3v) is 7.45. The lowest BCUT2D eigenvalue weighted by atomic mass is 9.97. The Balaban J connectivity index is 1.57. The Morgan fingerprint density at radius 3 is 2.12 bits per heavy atom. The maximum absolute atomic E-state index is 13.0. The van der Waals surface area contributed by atoms with Gasteiger partial charge in [-0.15, -0.1) is 11.3 Å². The molecule has 0 amide bonds. The maximum atomic E-state index is 13.0. The third-order valence-electron chi connectivity index (χ3n) is 6.43. The third kappa shape index (κ3) is 3.18. The first kappa shape index (κ1) is 21.1. The molecule has 0 unspecified atom stereocenters. The van der Waals surface area contributed by atoms with Crippen molar-refractivity contribution in [2.24, 2.45) is 7.05 Å². The molecule has 1 aliphatic carbocycles. The van der Waals surface area contributed by atoms with Crippen molar-refractivity contribution in [1.29, 1.82) is 5.26 Å². The van der Waals surface area contributed by atoms with E-state index in [0.29, 0.717) is 22.3 Å². The van der Waals surface area contributed by atoms with Gasteiger partial charge in [0, 0.05) is 28.6 Å². The van der Waals surface area contributed by atoms with Crippen LogP contribution in [-0.2, 0) is 7.05 Å². The van der Waals surface area contributed by atoms with E-state index in [9.17, 15) is 14.9 Å². The number of benzene rings is 2. The van der Waals surface area contributed by atoms with Crippen LogP contribution in [0.2, 0.25) is 0 Å². The van der Waals surface area contributed by atoms with Crippen molar-refractivity contribution in [3.05, 3.63) is 85.8 Å². The largest absolute Gasteiger partial charge is 0.343 e. The van der Waals surface area contributed by atoms with Crippen LogP contribution in [0.15, 0.2) is 42.0 Å². The van der Waals surface area contributed by atoms with E-state index >= 15 is 0 Å². The van der Waals surface area contributed by atoms with E-state index in [0.717, 1.165) is 20.8 Å². The number of hydrogen-bond acceptors (Lipinski definition) is 4. The van der Waals surface area contributed by atoms with Gasteiger partial charge in [0.1, 0.15) is 0 Å². The first-order valence-electron chi connectivity index (χ1n) is 10.7. The molecule has 0 spiro atoms. The highest BCUT2D eigenvalue weighted by Crippen LogP contribution is 2.38. The summed E-state index contributed by atoms with van der Waals surface area (Å²) in [5.74, 6) is -0.581. The predicted molar refractivity (Wildman–Crippen MR) is 133 cm³/mol. The zero-order chi connectivity index (χ0) is 23.6. The number of nitriles is 1. The lowest BCUT2D eigenvalue weighted by Crippen LogP contribution is -1.99. The number of aryl methyl sites for hydroxylation is 5. The summed E-state index contributed by atoms with van der Waals surface area (Å²) in [6, 6.07) is 13.9. The second kappa shape index (κ2) is 7.40. The molecule has 2 aromatic heterocycles. The van der Waals surface area contributed by atoms with Crippen molar-refractivity contribution in [1.82, 2.24) is 4.57 Å². The fourth-order valence-corrected chi connectivity index (χ4v) is 5.97. The Morgan fingerprint density at radius 1 is 0.879 bits per heavy atom. The molecule has 5 rings (SSSR count). The predicted octanol–water partition coefficient (Wildman–Crippen LogP) is 6.47. The summed E-state index contributed by atoms with van der Waals surface area (Å²) in [5, 5.41) is 9.28. The second-order valence-corrected chi connectivity index (χ2v) is 9.92. The molecule has 0 radical (unpaired) electrons. The maximum Gasteiger partial charge on any atom is 0.197 e. The van der Waals surface area contributed by atoms with Gasteiger partial charge in [0.05, 0.1) is 33.1 Å². The Labute approximate surface area is 196 Å². The first-order valence-corrected chi connectivity index (χ1v) is 11.5. The van der Waals surface area contributed by atoms with E-state index in [1.54, 1.807) is 30.4 Å². The Kier molecular flexibility index (Phi) is 4.73. The summed E-state index contributed by atoms with van der Waals surface area (Å²) in [6.07, 6.45) is 1.69. The number of Topliss-reactive ketones (excluding diaryl/α,β-unsaturated/α-hetero) is 2. The fourth-order valence-electron chi connectivity index (χ4n) is 4.90. The molecular formula is C28H22N2O2S. The van der Waals surface area contributed by atoms with Gasteiger partial charge in [-0.05, 0) is 74.7 Å². The fraction of sp³-hybridized carbons (Fsp3) is 0.179. The topological polar surface area (TPSA) is 62.9 Å². The molecule has 0 bridgehead atoms. The Morgan fingerprint density at radius 2 is 1.52 bits per heavy atom. The van der Waals surface area contributed by atoms with Gasteiger partial charge in [-0.3, -0.25) is 9.59 Å². The van der Waals surface area contributed by atoms with Crippen LogP contribution in [0.1, 0.15) is 53.4 Å². The minimum atomic E-state index is -0.310. The molecule has 0 atom stereocenters. The Bertz CT molecular complexity index is 1580. The highest BCUT2D eigenvalue weighted by molar-refractivity contribution is 7.19. The van der Waals surface area contributed by atoms with Gasteiger partial charge in [-0.25, -0.2) is 0 Å². The number of nitrogens with zero attached hydrogens (tertiary/aromatic N) is 2. The van der Waals surface area contributed by atoms with E-state index in [1.807, 2.05) is 13.1 Å². The summed E-state index contributed by atoms with van der Waals surface area (Å²) < 4.78 is 3.28. The van der Waals surface area contributed by atoms with E-state index in [2.05, 4.69) is 49.6 Å². The van der Waals surface area contributed by atoms with Crippen molar-refractivity contribution >= 4 is 39.2 Å². The first-order chi connectivity index (χ1) is 15.7. The number of hydrogen-bond donors (Lipinski definition) is 0. The van der Waals surface area contributed by atoms with Crippen LogP contribution in [0.25, 0.3) is 27.6 Å². The van der Waals surface area contributed by atoms with Gasteiger partial charge in [0.2, 0.25) is 0 Å². The molecule has 0 aliphatic heterocycles. The van der Waals surface area contributed by atoms with Gasteiger partial charge in [0.15, 0.2) is 11.6 Å². The lowest BCUT2D eigenvalue weighted by molar-refractivity contribution is 0.0990. The Hall–Kier alpha value is -3.75. The van der Waals surface area contributed by atoms with Gasteiger partial charge in [-0.2, -0.15) is 5.26 Å². The summed E-state index contributed by atoms with van der Waals surface area (Å²) >= 11 is 1.57. The van der Waals surface area contributed by atoms with Gasteiger partial charge < -0.3 is 4.57 Å². The van der Waals surface area contributed by atoms with Crippen LogP contribution < -0.4 is 0 Å². The highest BCUT2D eigenvalue weighted by Gasteiger charge is 2.34. The zero-order valence-electron chi connectivity index (χ0n) is 19.2. The number of allylic oxidation sites excluding steroid dienone is 1. The summed E-state index contributed by atoms with van der Waals surface area (Å²) in [7, 11) is 2.05. The molecular weight excluding hydrogens is 428 g/mol. The molecule has 4 aromatic rings. The minimum absolute atomic E-state index is 0.163. The van der Waals surface area contributed by atoms with E-state index < -0.39 is 0 Å². The molecule has 162 valence electrons. The molecule has 0 N–H and O–H groups in total. The SMILES string of the molecule is Cc1cc(C)c(-c2cc3sc(/C=C4\C(=O)c5cc(C)c(C#N)cc5C4=O)cc3n2C)c(C)c1. The molecule has 1 aliphatic rings. The molecule has 0 saturated carbocycles. The average Bonchev–Trinajstić information content (AvgIpc) is 3.35. The van der Waals surface area contributed by atoms with Crippen molar-refractivity contribution in [3.63, 3.8) is 0 Å². The monoisotopic (exact) mass is 450 g/mol. The van der Waals surface area contributed by atoms with Gasteiger partial charge in [0.25, 0.3) is 0 Å². The number of carbonyl (C=O) groups excluding carboxylic acids is 2. The number of ketones is 2. The van der Waals surface area contributed by atoms with Crippen molar-refractivity contribution in [2.75, 3.05) is 0 Å². The van der Waals surface area contributed by atoms with Crippen molar-refractivity contribution in [3.8, 4) is 17.3 Å². The molecule has 5 heteroatoms. The van der Waals surface area contributed by atoms with E-state index in [-0.39, 0.29) is 17.1 Å². The number of rotatable bonds is 2. The second-order valence-electron chi connectivity index (χ2n) is 8.80. The number of carbonyl (C=O) groups is 2. The standard InChI is InChI=1S/C28H22N2O2S/c1-14-6-16(3)26(17(4)7-14)24-12-25-23(30(24)5)11-19(33-25)10-22-27(31)20-8-15(2)18(13-29)9-21(20)28(22)32/h6-12H,1-5H3/b22-10+. The van der Waals surface area contributed by atoms with Crippen molar-refractivity contribution < 1.29 is 9.59 Å². The molecule has 33 heavy (non-hydrogen) atoms. The van der Waals surface area contributed by atoms with Crippen LogP contribution >= 0.6 is 11.3 Å². The van der Waals surface area contributed by atoms with Crippen molar-refractivity contribution in [2.45, 2.75) is 27.7 Å².